The minimum absolute atomic E-state index is 0.210. The predicted octanol–water partition coefficient (Wildman–Crippen LogP) is 1.01. The first-order valence-electron chi connectivity index (χ1n) is 7.67. The summed E-state index contributed by atoms with van der Waals surface area (Å²) in [5, 5.41) is 22.9. The number of fused-ring (bicyclic) bond motifs is 1. The number of aromatic nitrogens is 4. The van der Waals surface area contributed by atoms with Gasteiger partial charge in [0.25, 0.3) is 0 Å². The first kappa shape index (κ1) is 16.4. The average Bonchev–Trinajstić information content (AvgIpc) is 3.15. The monoisotopic (exact) mass is 339 g/mol. The van der Waals surface area contributed by atoms with E-state index in [1.54, 1.807) is 29.7 Å². The van der Waals surface area contributed by atoms with E-state index in [1.165, 1.54) is 0 Å². The molecule has 23 heavy (non-hydrogen) atoms. The van der Waals surface area contributed by atoms with Gasteiger partial charge in [-0.05, 0) is 6.42 Å². The van der Waals surface area contributed by atoms with Crippen molar-refractivity contribution in [1.29, 1.82) is 0 Å². The number of rotatable bonds is 6. The highest BCUT2D eigenvalue weighted by Crippen LogP contribution is 2.32. The lowest BCUT2D eigenvalue weighted by molar-refractivity contribution is -0.0432. The normalized spacial score (nSPS) is 24.4. The second-order valence-corrected chi connectivity index (χ2v) is 6.45. The topological polar surface area (TPSA) is 105 Å². The standard InChI is InChI=1S/C14H21N5O3S/c1-3-4-23-14-17-12(15-2)11-13(18-14)19(7-16-11)10-5-8(21)9(6-20)22-10/h7-10,20-21H,3-6H2,1-2H3,(H,15,17,18)/t8-,9+,10+/m0/s1. The minimum atomic E-state index is -0.693. The molecule has 8 nitrogen and oxygen atoms in total. The van der Waals surface area contributed by atoms with Gasteiger partial charge < -0.3 is 20.3 Å². The summed E-state index contributed by atoms with van der Waals surface area (Å²) >= 11 is 1.59. The van der Waals surface area contributed by atoms with Gasteiger partial charge in [0, 0.05) is 19.2 Å². The van der Waals surface area contributed by atoms with Crippen molar-refractivity contribution in [3.05, 3.63) is 6.33 Å². The average molecular weight is 339 g/mol. The van der Waals surface area contributed by atoms with Crippen molar-refractivity contribution in [2.75, 3.05) is 24.7 Å². The van der Waals surface area contributed by atoms with Crippen molar-refractivity contribution in [3.8, 4) is 0 Å². The van der Waals surface area contributed by atoms with Gasteiger partial charge in [-0.2, -0.15) is 0 Å². The third-order valence-electron chi connectivity index (χ3n) is 3.77. The Kier molecular flexibility index (Phi) is 5.00. The lowest BCUT2D eigenvalue weighted by Gasteiger charge is -2.14. The summed E-state index contributed by atoms with van der Waals surface area (Å²) in [6.45, 7) is 1.90. The lowest BCUT2D eigenvalue weighted by Crippen LogP contribution is -2.24. The first-order valence-corrected chi connectivity index (χ1v) is 8.66. The van der Waals surface area contributed by atoms with Crippen LogP contribution in [-0.4, -0.2) is 61.3 Å². The molecule has 0 amide bonds. The fourth-order valence-corrected chi connectivity index (χ4v) is 3.28. The van der Waals surface area contributed by atoms with Crippen LogP contribution in [-0.2, 0) is 4.74 Å². The molecular formula is C14H21N5O3S. The zero-order valence-electron chi connectivity index (χ0n) is 13.1. The minimum Gasteiger partial charge on any atom is -0.394 e. The van der Waals surface area contributed by atoms with Crippen molar-refractivity contribution < 1.29 is 14.9 Å². The van der Waals surface area contributed by atoms with E-state index in [9.17, 15) is 10.2 Å². The summed E-state index contributed by atoms with van der Waals surface area (Å²) in [6, 6.07) is 0. The molecule has 1 saturated heterocycles. The largest absolute Gasteiger partial charge is 0.394 e. The van der Waals surface area contributed by atoms with Crippen LogP contribution in [0.2, 0.25) is 0 Å². The summed E-state index contributed by atoms with van der Waals surface area (Å²) in [5.74, 6) is 1.61. The van der Waals surface area contributed by atoms with Gasteiger partial charge in [0.1, 0.15) is 12.3 Å². The van der Waals surface area contributed by atoms with Crippen LogP contribution in [0.1, 0.15) is 26.0 Å². The molecule has 1 aliphatic heterocycles. The maximum Gasteiger partial charge on any atom is 0.191 e. The van der Waals surface area contributed by atoms with Crippen LogP contribution >= 0.6 is 11.8 Å². The van der Waals surface area contributed by atoms with Gasteiger partial charge >= 0.3 is 0 Å². The molecule has 1 fully saturated rings. The van der Waals surface area contributed by atoms with Crippen molar-refractivity contribution in [1.82, 2.24) is 19.5 Å². The van der Waals surface area contributed by atoms with Crippen LogP contribution in [0.5, 0.6) is 0 Å². The molecule has 3 N–H and O–H groups in total. The second kappa shape index (κ2) is 7.00. The molecule has 2 aromatic rings. The first-order chi connectivity index (χ1) is 11.2. The quantitative estimate of drug-likeness (QED) is 0.529. The van der Waals surface area contributed by atoms with E-state index < -0.39 is 18.4 Å². The molecule has 0 radical (unpaired) electrons. The molecule has 0 spiro atoms. The van der Waals surface area contributed by atoms with Crippen LogP contribution in [0.3, 0.4) is 0 Å². The molecular weight excluding hydrogens is 318 g/mol. The molecule has 9 heteroatoms. The molecule has 0 aliphatic carbocycles. The van der Waals surface area contributed by atoms with Gasteiger partial charge in [-0.25, -0.2) is 15.0 Å². The van der Waals surface area contributed by atoms with Crippen LogP contribution < -0.4 is 5.32 Å². The van der Waals surface area contributed by atoms with Crippen LogP contribution in [0.4, 0.5) is 5.82 Å². The fourth-order valence-electron chi connectivity index (χ4n) is 2.59. The molecule has 0 aromatic carbocycles. The van der Waals surface area contributed by atoms with Gasteiger partial charge in [0.15, 0.2) is 22.1 Å². The molecule has 126 valence electrons. The van der Waals surface area contributed by atoms with E-state index in [2.05, 4.69) is 27.2 Å². The molecule has 3 atom stereocenters. The highest BCUT2D eigenvalue weighted by Gasteiger charge is 2.35. The third kappa shape index (κ3) is 3.14. The van der Waals surface area contributed by atoms with E-state index in [-0.39, 0.29) is 6.61 Å². The van der Waals surface area contributed by atoms with Crippen molar-refractivity contribution in [3.63, 3.8) is 0 Å². The number of thioether (sulfide) groups is 1. The number of nitrogens with one attached hydrogen (secondary N) is 1. The maximum absolute atomic E-state index is 9.93. The SMILES string of the molecule is CCCSc1nc(NC)c2ncn([C@H]3C[C@H](O)[C@@H](CO)O3)c2n1. The smallest absolute Gasteiger partial charge is 0.191 e. The van der Waals surface area contributed by atoms with E-state index in [0.717, 1.165) is 12.2 Å². The summed E-state index contributed by atoms with van der Waals surface area (Å²) in [5.41, 5.74) is 1.33. The number of ether oxygens (including phenoxy) is 1. The van der Waals surface area contributed by atoms with E-state index in [4.69, 9.17) is 4.74 Å². The highest BCUT2D eigenvalue weighted by atomic mass is 32.2. The Morgan fingerprint density at radius 1 is 1.48 bits per heavy atom. The summed E-state index contributed by atoms with van der Waals surface area (Å²) < 4.78 is 7.50. The van der Waals surface area contributed by atoms with Crippen LogP contribution in [0.25, 0.3) is 11.2 Å². The summed E-state index contributed by atoms with van der Waals surface area (Å²) in [4.78, 5) is 13.4. The number of hydrogen-bond acceptors (Lipinski definition) is 8. The fraction of sp³-hybridized carbons (Fsp3) is 0.643. The van der Waals surface area contributed by atoms with Crippen molar-refractivity contribution in [2.24, 2.45) is 0 Å². The molecule has 0 bridgehead atoms. The number of anilines is 1. The Labute approximate surface area is 138 Å². The lowest BCUT2D eigenvalue weighted by atomic mass is 10.2. The van der Waals surface area contributed by atoms with Crippen molar-refractivity contribution in [2.45, 2.75) is 43.4 Å². The van der Waals surface area contributed by atoms with E-state index in [0.29, 0.717) is 28.6 Å². The predicted molar refractivity (Wildman–Crippen MR) is 87.5 cm³/mol. The van der Waals surface area contributed by atoms with Gasteiger partial charge in [0.05, 0.1) is 19.0 Å². The Morgan fingerprint density at radius 2 is 2.30 bits per heavy atom. The molecule has 0 unspecified atom stereocenters. The van der Waals surface area contributed by atoms with Gasteiger partial charge in [-0.15, -0.1) is 0 Å². The van der Waals surface area contributed by atoms with Gasteiger partial charge in [0.2, 0.25) is 0 Å². The number of hydrogen-bond donors (Lipinski definition) is 3. The number of aliphatic hydroxyl groups is 2. The summed E-state index contributed by atoms with van der Waals surface area (Å²) in [7, 11) is 1.80. The second-order valence-electron chi connectivity index (χ2n) is 5.39. The molecule has 2 aromatic heterocycles. The Balaban J connectivity index is 1.98. The summed E-state index contributed by atoms with van der Waals surface area (Å²) in [6.07, 6.45) is 1.42. The van der Waals surface area contributed by atoms with Gasteiger partial charge in [-0.3, -0.25) is 4.57 Å². The Morgan fingerprint density at radius 3 is 2.96 bits per heavy atom. The van der Waals surface area contributed by atoms with E-state index >= 15 is 0 Å². The number of imidazole rings is 1. The van der Waals surface area contributed by atoms with Gasteiger partial charge in [-0.1, -0.05) is 18.7 Å². The third-order valence-corrected chi connectivity index (χ3v) is 4.82. The zero-order chi connectivity index (χ0) is 16.4. The van der Waals surface area contributed by atoms with Crippen LogP contribution in [0, 0.1) is 0 Å². The number of nitrogens with zero attached hydrogens (tertiary/aromatic N) is 4. The zero-order valence-corrected chi connectivity index (χ0v) is 14.0. The van der Waals surface area contributed by atoms with Crippen molar-refractivity contribution >= 4 is 28.7 Å². The molecule has 3 rings (SSSR count). The number of aliphatic hydroxyl groups excluding tert-OH is 2. The Hall–Kier alpha value is -1.42. The van der Waals surface area contributed by atoms with E-state index in [1.807, 2.05) is 0 Å². The molecule has 3 heterocycles. The molecule has 0 saturated carbocycles. The molecule has 1 aliphatic rings. The Bertz CT molecular complexity index is 680. The highest BCUT2D eigenvalue weighted by molar-refractivity contribution is 7.99. The maximum atomic E-state index is 9.93. The van der Waals surface area contributed by atoms with Crippen LogP contribution in [0.15, 0.2) is 11.5 Å².